The van der Waals surface area contributed by atoms with Gasteiger partial charge in [0.2, 0.25) is 0 Å². The van der Waals surface area contributed by atoms with Crippen LogP contribution in [0.4, 0.5) is 0 Å². The van der Waals surface area contributed by atoms with Gasteiger partial charge in [0.1, 0.15) is 5.76 Å². The van der Waals surface area contributed by atoms with Crippen LogP contribution in [0.25, 0.3) is 5.82 Å². The van der Waals surface area contributed by atoms with Crippen molar-refractivity contribution in [3.05, 3.63) is 70.7 Å². The molecule has 28 heavy (non-hydrogen) atoms. The number of carboxylic acid groups (broad SMARTS) is 1. The average molecular weight is 381 g/mol. The number of aromatic nitrogens is 2. The third kappa shape index (κ3) is 3.69. The standard InChI is InChI=1S/C21H23N3O4/c1-12-10-17(15(4)24(12)18-11-13(2)28-23-18)20(25)22-19(14(3)21(26)27)16-8-6-5-7-9-16/h5-11,14,19H,1-4H3,(H,22,25)(H,26,27). The van der Waals surface area contributed by atoms with Gasteiger partial charge in [-0.2, -0.15) is 0 Å². The molecule has 3 rings (SSSR count). The zero-order chi connectivity index (χ0) is 20.4. The Hall–Kier alpha value is -3.35. The van der Waals surface area contributed by atoms with E-state index < -0.39 is 17.9 Å². The minimum atomic E-state index is -0.974. The molecule has 146 valence electrons. The Labute approximate surface area is 163 Å². The number of carbonyl (C=O) groups excluding carboxylic acids is 1. The van der Waals surface area contributed by atoms with Crippen LogP contribution in [-0.2, 0) is 4.79 Å². The molecule has 2 atom stereocenters. The first-order valence-corrected chi connectivity index (χ1v) is 9.01. The Morgan fingerprint density at radius 2 is 1.82 bits per heavy atom. The summed E-state index contributed by atoms with van der Waals surface area (Å²) in [5, 5.41) is 16.4. The largest absolute Gasteiger partial charge is 0.481 e. The van der Waals surface area contributed by atoms with Crippen molar-refractivity contribution < 1.29 is 19.2 Å². The second kappa shape index (κ2) is 7.72. The molecule has 0 saturated heterocycles. The molecule has 2 N–H and O–H groups in total. The van der Waals surface area contributed by atoms with Crippen LogP contribution >= 0.6 is 0 Å². The lowest BCUT2D eigenvalue weighted by Gasteiger charge is -2.23. The van der Waals surface area contributed by atoms with E-state index in [0.29, 0.717) is 22.8 Å². The van der Waals surface area contributed by atoms with Crippen LogP contribution in [0, 0.1) is 26.7 Å². The fraction of sp³-hybridized carbons (Fsp3) is 0.286. The summed E-state index contributed by atoms with van der Waals surface area (Å²) in [6.45, 7) is 7.09. The number of hydrogen-bond donors (Lipinski definition) is 2. The first kappa shape index (κ1) is 19.4. The smallest absolute Gasteiger partial charge is 0.308 e. The zero-order valence-electron chi connectivity index (χ0n) is 16.3. The van der Waals surface area contributed by atoms with Gasteiger partial charge in [-0.05, 0) is 39.3 Å². The molecule has 2 heterocycles. The molecule has 0 fully saturated rings. The third-order valence-corrected chi connectivity index (χ3v) is 4.86. The summed E-state index contributed by atoms with van der Waals surface area (Å²) < 4.78 is 6.98. The van der Waals surface area contributed by atoms with Crippen LogP contribution in [0.3, 0.4) is 0 Å². The van der Waals surface area contributed by atoms with Gasteiger partial charge in [-0.15, -0.1) is 0 Å². The third-order valence-electron chi connectivity index (χ3n) is 4.86. The predicted molar refractivity (Wildman–Crippen MR) is 103 cm³/mol. The number of amides is 1. The zero-order valence-corrected chi connectivity index (χ0v) is 16.3. The first-order valence-electron chi connectivity index (χ1n) is 9.01. The molecular weight excluding hydrogens is 358 g/mol. The van der Waals surface area contributed by atoms with Crippen LogP contribution in [0.1, 0.15) is 46.0 Å². The molecule has 3 aromatic rings. The predicted octanol–water partition coefficient (Wildman–Crippen LogP) is 3.58. The summed E-state index contributed by atoms with van der Waals surface area (Å²) >= 11 is 0. The Balaban J connectivity index is 1.94. The number of carbonyl (C=O) groups is 2. The summed E-state index contributed by atoms with van der Waals surface area (Å²) in [5.41, 5.74) is 2.75. The number of nitrogens with one attached hydrogen (secondary N) is 1. The Morgan fingerprint density at radius 1 is 1.14 bits per heavy atom. The van der Waals surface area contributed by atoms with Crippen LogP contribution in [0.15, 0.2) is 47.0 Å². The highest BCUT2D eigenvalue weighted by atomic mass is 16.5. The van der Waals surface area contributed by atoms with Gasteiger partial charge in [-0.25, -0.2) is 0 Å². The van der Waals surface area contributed by atoms with Crippen molar-refractivity contribution in [1.82, 2.24) is 15.0 Å². The molecule has 7 nitrogen and oxygen atoms in total. The number of aryl methyl sites for hydroxylation is 2. The maximum atomic E-state index is 13.0. The normalized spacial score (nSPS) is 13.1. The minimum absolute atomic E-state index is 0.332. The van der Waals surface area contributed by atoms with Gasteiger partial charge in [-0.3, -0.25) is 14.2 Å². The van der Waals surface area contributed by atoms with E-state index in [1.165, 1.54) is 0 Å². The lowest BCUT2D eigenvalue weighted by atomic mass is 9.94. The maximum Gasteiger partial charge on any atom is 0.308 e. The van der Waals surface area contributed by atoms with Crippen molar-refractivity contribution in [3.8, 4) is 5.82 Å². The van der Waals surface area contributed by atoms with E-state index in [0.717, 1.165) is 11.3 Å². The summed E-state index contributed by atoms with van der Waals surface area (Å²) in [7, 11) is 0. The van der Waals surface area contributed by atoms with E-state index >= 15 is 0 Å². The van der Waals surface area contributed by atoms with E-state index in [2.05, 4.69) is 10.5 Å². The second-order valence-electron chi connectivity index (χ2n) is 6.90. The molecule has 0 aliphatic rings. The van der Waals surface area contributed by atoms with Crippen molar-refractivity contribution >= 4 is 11.9 Å². The van der Waals surface area contributed by atoms with Crippen LogP contribution in [0.2, 0.25) is 0 Å². The molecule has 0 radical (unpaired) electrons. The number of benzene rings is 1. The SMILES string of the molecule is Cc1cc(-n2c(C)cc(C(=O)NC(c3ccccc3)C(C)C(=O)O)c2C)no1. The van der Waals surface area contributed by atoms with Crippen LogP contribution < -0.4 is 5.32 Å². The van der Waals surface area contributed by atoms with E-state index in [1.807, 2.05) is 48.7 Å². The summed E-state index contributed by atoms with van der Waals surface area (Å²) in [6, 6.07) is 12.0. The Morgan fingerprint density at radius 3 is 2.39 bits per heavy atom. The molecule has 0 bridgehead atoms. The Kier molecular flexibility index (Phi) is 5.35. The van der Waals surface area contributed by atoms with Crippen LogP contribution in [0.5, 0.6) is 0 Å². The van der Waals surface area contributed by atoms with Crippen molar-refractivity contribution in [3.63, 3.8) is 0 Å². The van der Waals surface area contributed by atoms with Crippen molar-refractivity contribution in [2.45, 2.75) is 33.7 Å². The van der Waals surface area contributed by atoms with Crippen molar-refractivity contribution in [2.24, 2.45) is 5.92 Å². The fourth-order valence-corrected chi connectivity index (χ4v) is 3.32. The molecule has 0 spiro atoms. The fourth-order valence-electron chi connectivity index (χ4n) is 3.32. The molecule has 2 aromatic heterocycles. The molecule has 2 unspecified atom stereocenters. The van der Waals surface area contributed by atoms with Gasteiger partial charge >= 0.3 is 5.97 Å². The molecule has 1 aromatic carbocycles. The van der Waals surface area contributed by atoms with E-state index in [1.54, 1.807) is 26.0 Å². The summed E-state index contributed by atoms with van der Waals surface area (Å²) in [4.78, 5) is 24.6. The topological polar surface area (TPSA) is 97.4 Å². The number of nitrogens with zero attached hydrogens (tertiary/aromatic N) is 2. The van der Waals surface area contributed by atoms with Gasteiger partial charge in [0.05, 0.1) is 17.5 Å². The van der Waals surface area contributed by atoms with Gasteiger partial charge in [-0.1, -0.05) is 35.5 Å². The molecule has 0 saturated carbocycles. The monoisotopic (exact) mass is 381 g/mol. The number of aliphatic carboxylic acids is 1. The molecule has 7 heteroatoms. The molecule has 0 aliphatic heterocycles. The summed E-state index contributed by atoms with van der Waals surface area (Å²) in [5.74, 6) is -0.815. The minimum Gasteiger partial charge on any atom is -0.481 e. The lowest BCUT2D eigenvalue weighted by Crippen LogP contribution is -2.35. The van der Waals surface area contributed by atoms with Crippen molar-refractivity contribution in [2.75, 3.05) is 0 Å². The summed E-state index contributed by atoms with van der Waals surface area (Å²) in [6.07, 6.45) is 0. The Bertz CT molecular complexity index is 1000. The van der Waals surface area contributed by atoms with Crippen molar-refractivity contribution in [1.29, 1.82) is 0 Å². The second-order valence-corrected chi connectivity index (χ2v) is 6.90. The quantitative estimate of drug-likeness (QED) is 0.680. The van der Waals surface area contributed by atoms with Gasteiger partial charge in [0, 0.05) is 17.5 Å². The van der Waals surface area contributed by atoms with Gasteiger partial charge in [0.15, 0.2) is 5.82 Å². The highest BCUT2D eigenvalue weighted by Crippen LogP contribution is 2.25. The first-order chi connectivity index (χ1) is 13.3. The van der Waals surface area contributed by atoms with E-state index in [4.69, 9.17) is 4.52 Å². The molecule has 0 aliphatic carbocycles. The number of hydrogen-bond acceptors (Lipinski definition) is 4. The lowest BCUT2D eigenvalue weighted by molar-refractivity contribution is -0.142. The van der Waals surface area contributed by atoms with Gasteiger partial charge in [0.25, 0.3) is 5.91 Å². The van der Waals surface area contributed by atoms with Crippen LogP contribution in [-0.4, -0.2) is 26.7 Å². The molecule has 1 amide bonds. The number of rotatable bonds is 6. The number of carboxylic acids is 1. The average Bonchev–Trinajstić information content (AvgIpc) is 3.22. The highest BCUT2D eigenvalue weighted by molar-refractivity contribution is 5.96. The van der Waals surface area contributed by atoms with E-state index in [-0.39, 0.29) is 5.91 Å². The van der Waals surface area contributed by atoms with E-state index in [9.17, 15) is 14.7 Å². The molecular formula is C21H23N3O4. The maximum absolute atomic E-state index is 13.0. The van der Waals surface area contributed by atoms with Gasteiger partial charge < -0.3 is 14.9 Å². The highest BCUT2D eigenvalue weighted by Gasteiger charge is 2.28.